The van der Waals surface area contributed by atoms with Gasteiger partial charge in [0.25, 0.3) is 0 Å². The Balaban J connectivity index is 2.89. The monoisotopic (exact) mass is 189 g/mol. The van der Waals surface area contributed by atoms with Crippen molar-refractivity contribution in [3.8, 4) is 0 Å². The van der Waals surface area contributed by atoms with E-state index in [0.29, 0.717) is 0 Å². The molecule has 1 N–H and O–H groups in total. The summed E-state index contributed by atoms with van der Waals surface area (Å²) in [6, 6.07) is 0. The molecule has 1 rings (SSSR count). The first-order valence-electron chi connectivity index (χ1n) is 3.26. The third-order valence-corrected chi connectivity index (χ3v) is 3.57. The van der Waals surface area contributed by atoms with Gasteiger partial charge < -0.3 is 5.11 Å². The second kappa shape index (κ2) is 3.13. The molecule has 0 aromatic carbocycles. The first-order valence-corrected chi connectivity index (χ1v) is 5.31. The lowest BCUT2D eigenvalue weighted by molar-refractivity contribution is 0.0823. The smallest absolute Gasteiger partial charge is 0.149 e. The van der Waals surface area contributed by atoms with Gasteiger partial charge in [0.15, 0.2) is 0 Å². The molecule has 0 aliphatic carbocycles. The van der Waals surface area contributed by atoms with Crippen LogP contribution in [-0.4, -0.2) is 16.3 Å². The van der Waals surface area contributed by atoms with Crippen LogP contribution in [0, 0.1) is 0 Å². The molecule has 2 nitrogen and oxygen atoms in total. The van der Waals surface area contributed by atoms with Gasteiger partial charge in [0.05, 0.1) is 10.5 Å². The SMILES string of the molecule is CSc1ncc(C(C)(C)O)s1. The molecule has 4 heteroatoms. The van der Waals surface area contributed by atoms with Crippen LogP contribution in [0.5, 0.6) is 0 Å². The Morgan fingerprint density at radius 3 is 2.55 bits per heavy atom. The van der Waals surface area contributed by atoms with Crippen LogP contribution >= 0.6 is 23.1 Å². The molecule has 0 saturated heterocycles. The Morgan fingerprint density at radius 2 is 2.27 bits per heavy atom. The Hall–Kier alpha value is -0.0600. The first-order chi connectivity index (χ1) is 5.04. The first kappa shape index (κ1) is 9.03. The summed E-state index contributed by atoms with van der Waals surface area (Å²) in [6.45, 7) is 3.54. The minimum absolute atomic E-state index is 0.744. The summed E-state index contributed by atoms with van der Waals surface area (Å²) in [7, 11) is 0. The average molecular weight is 189 g/mol. The molecule has 0 unspecified atom stereocenters. The number of thioether (sulfide) groups is 1. The van der Waals surface area contributed by atoms with Gasteiger partial charge in [0.2, 0.25) is 0 Å². The van der Waals surface area contributed by atoms with Gasteiger partial charge in [-0.3, -0.25) is 0 Å². The second-order valence-electron chi connectivity index (χ2n) is 2.75. The Morgan fingerprint density at radius 1 is 1.64 bits per heavy atom. The Kier molecular flexibility index (Phi) is 2.57. The van der Waals surface area contributed by atoms with E-state index in [2.05, 4.69) is 4.98 Å². The maximum absolute atomic E-state index is 9.56. The number of hydrogen-bond donors (Lipinski definition) is 1. The van der Waals surface area contributed by atoms with E-state index in [1.807, 2.05) is 6.26 Å². The summed E-state index contributed by atoms with van der Waals surface area (Å²) in [4.78, 5) is 5.04. The molecule has 0 fully saturated rings. The molecule has 0 saturated carbocycles. The van der Waals surface area contributed by atoms with E-state index in [9.17, 15) is 5.11 Å². The molecule has 1 aromatic rings. The van der Waals surface area contributed by atoms with Crippen molar-refractivity contribution in [3.63, 3.8) is 0 Å². The van der Waals surface area contributed by atoms with Crippen molar-refractivity contribution in [2.24, 2.45) is 0 Å². The molecule has 11 heavy (non-hydrogen) atoms. The van der Waals surface area contributed by atoms with E-state index >= 15 is 0 Å². The standard InChI is InChI=1S/C7H11NOS2/c1-7(2,9)5-4-8-6(10-3)11-5/h4,9H,1-3H3. The molecule has 1 aromatic heterocycles. The third-order valence-electron chi connectivity index (χ3n) is 1.26. The summed E-state index contributed by atoms with van der Waals surface area (Å²) in [5, 5.41) is 9.56. The van der Waals surface area contributed by atoms with Gasteiger partial charge in [-0.15, -0.1) is 11.3 Å². The topological polar surface area (TPSA) is 33.1 Å². The predicted octanol–water partition coefficient (Wildman–Crippen LogP) is 2.09. The quantitative estimate of drug-likeness (QED) is 0.723. The molecule has 0 atom stereocenters. The predicted molar refractivity (Wildman–Crippen MR) is 49.1 cm³/mol. The average Bonchev–Trinajstić information content (AvgIpc) is 2.32. The van der Waals surface area contributed by atoms with Crippen LogP contribution in [0.25, 0.3) is 0 Å². The van der Waals surface area contributed by atoms with Crippen molar-refractivity contribution < 1.29 is 5.11 Å². The summed E-state index contributed by atoms with van der Waals surface area (Å²) in [5.41, 5.74) is -0.744. The lowest BCUT2D eigenvalue weighted by Gasteiger charge is -2.12. The van der Waals surface area contributed by atoms with Crippen LogP contribution in [-0.2, 0) is 5.60 Å². The lowest BCUT2D eigenvalue weighted by Crippen LogP contribution is -2.12. The zero-order valence-corrected chi connectivity index (χ0v) is 8.42. The molecule has 62 valence electrons. The number of rotatable bonds is 2. The maximum Gasteiger partial charge on any atom is 0.149 e. The fourth-order valence-electron chi connectivity index (χ4n) is 0.635. The largest absolute Gasteiger partial charge is 0.385 e. The van der Waals surface area contributed by atoms with Crippen LogP contribution in [0.2, 0.25) is 0 Å². The number of nitrogens with zero attached hydrogens (tertiary/aromatic N) is 1. The minimum atomic E-state index is -0.744. The number of aromatic nitrogens is 1. The van der Waals surface area contributed by atoms with Crippen molar-refractivity contribution >= 4 is 23.1 Å². The van der Waals surface area contributed by atoms with Gasteiger partial charge in [-0.2, -0.15) is 0 Å². The van der Waals surface area contributed by atoms with Crippen LogP contribution in [0.1, 0.15) is 18.7 Å². The number of aliphatic hydroxyl groups is 1. The zero-order valence-electron chi connectivity index (χ0n) is 6.79. The second-order valence-corrected chi connectivity index (χ2v) is 4.84. The van der Waals surface area contributed by atoms with Crippen molar-refractivity contribution in [1.29, 1.82) is 0 Å². The summed E-state index contributed by atoms with van der Waals surface area (Å²) >= 11 is 3.14. The number of hydrogen-bond acceptors (Lipinski definition) is 4. The molecule has 0 amide bonds. The fourth-order valence-corrected chi connectivity index (χ4v) is 2.04. The normalized spacial score (nSPS) is 12.0. The summed E-state index contributed by atoms with van der Waals surface area (Å²) in [5.74, 6) is 0. The molecule has 0 bridgehead atoms. The molecule has 1 heterocycles. The molecule has 0 aliphatic heterocycles. The summed E-state index contributed by atoms with van der Waals surface area (Å²) in [6.07, 6.45) is 3.71. The van der Waals surface area contributed by atoms with E-state index < -0.39 is 5.60 Å². The van der Waals surface area contributed by atoms with Crippen LogP contribution in [0.3, 0.4) is 0 Å². The van der Waals surface area contributed by atoms with E-state index in [1.54, 1.807) is 43.1 Å². The van der Waals surface area contributed by atoms with Gasteiger partial charge in [-0.05, 0) is 20.1 Å². The highest BCUT2D eigenvalue weighted by Crippen LogP contribution is 2.29. The number of thiazole rings is 1. The van der Waals surface area contributed by atoms with Gasteiger partial charge in [-0.25, -0.2) is 4.98 Å². The van der Waals surface area contributed by atoms with Crippen molar-refractivity contribution in [2.45, 2.75) is 23.8 Å². The Labute approximate surface area is 74.7 Å². The summed E-state index contributed by atoms with van der Waals surface area (Å²) < 4.78 is 1.00. The Bertz CT molecular complexity index is 239. The maximum atomic E-state index is 9.56. The van der Waals surface area contributed by atoms with E-state index in [-0.39, 0.29) is 0 Å². The van der Waals surface area contributed by atoms with E-state index in [1.165, 1.54) is 0 Å². The van der Waals surface area contributed by atoms with Crippen molar-refractivity contribution in [3.05, 3.63) is 11.1 Å². The molecular formula is C7H11NOS2. The highest BCUT2D eigenvalue weighted by Gasteiger charge is 2.18. The van der Waals surface area contributed by atoms with Crippen molar-refractivity contribution in [1.82, 2.24) is 4.98 Å². The van der Waals surface area contributed by atoms with E-state index in [4.69, 9.17) is 0 Å². The van der Waals surface area contributed by atoms with Crippen LogP contribution < -0.4 is 0 Å². The highest BCUT2D eigenvalue weighted by molar-refractivity contribution is 8.00. The molecule has 0 radical (unpaired) electrons. The highest BCUT2D eigenvalue weighted by atomic mass is 32.2. The molecule has 0 aliphatic rings. The lowest BCUT2D eigenvalue weighted by atomic mass is 10.1. The zero-order chi connectivity index (χ0) is 8.48. The van der Waals surface area contributed by atoms with Crippen molar-refractivity contribution in [2.75, 3.05) is 6.26 Å². The fraction of sp³-hybridized carbons (Fsp3) is 0.571. The third kappa shape index (κ3) is 2.18. The van der Waals surface area contributed by atoms with Gasteiger partial charge in [-0.1, -0.05) is 11.8 Å². The molecular weight excluding hydrogens is 178 g/mol. The van der Waals surface area contributed by atoms with E-state index in [0.717, 1.165) is 9.22 Å². The molecule has 0 spiro atoms. The van der Waals surface area contributed by atoms with Gasteiger partial charge >= 0.3 is 0 Å². The van der Waals surface area contributed by atoms with Crippen LogP contribution in [0.4, 0.5) is 0 Å². The van der Waals surface area contributed by atoms with Gasteiger partial charge in [0, 0.05) is 6.20 Å². The van der Waals surface area contributed by atoms with Crippen LogP contribution in [0.15, 0.2) is 10.5 Å². The minimum Gasteiger partial charge on any atom is -0.385 e. The van der Waals surface area contributed by atoms with Gasteiger partial charge in [0.1, 0.15) is 4.34 Å².